The van der Waals surface area contributed by atoms with E-state index in [2.05, 4.69) is 0 Å². The summed E-state index contributed by atoms with van der Waals surface area (Å²) >= 11 is 0. The van der Waals surface area contributed by atoms with Crippen LogP contribution in [0.3, 0.4) is 0 Å². The standard InChI is InChI=1S/C12H16O.C5H5.Fe/c13-12(11-8-4-5-9-11)10-6-2-1-3-7-10;1-2-4-5-3-1;/h4-5,8-10,13H,1-3,6-7H2;1-5H;/q;-1;+2/p-1. The Kier molecular flexibility index (Phi) is 7.47. The van der Waals surface area contributed by atoms with Crippen molar-refractivity contribution in [2.75, 3.05) is 0 Å². The van der Waals surface area contributed by atoms with Crippen LogP contribution in [0.15, 0.2) is 66.0 Å². The van der Waals surface area contributed by atoms with Gasteiger partial charge in [-0.1, -0.05) is 43.6 Å². The van der Waals surface area contributed by atoms with E-state index < -0.39 is 0 Å². The maximum absolute atomic E-state index is 11.9. The average Bonchev–Trinajstić information content (AvgIpc) is 3.14. The van der Waals surface area contributed by atoms with Crippen molar-refractivity contribution in [2.24, 2.45) is 5.92 Å². The fourth-order valence-corrected chi connectivity index (χ4v) is 2.46. The predicted molar refractivity (Wildman–Crippen MR) is 73.9 cm³/mol. The minimum Gasteiger partial charge on any atom is -0.875 e. The van der Waals surface area contributed by atoms with Gasteiger partial charge in [0.05, 0.1) is 0 Å². The van der Waals surface area contributed by atoms with Crippen LogP contribution in [0.2, 0.25) is 0 Å². The molecule has 1 aromatic carbocycles. The molecule has 0 aliphatic heterocycles. The molecule has 0 unspecified atom stereocenters. The Morgan fingerprint density at radius 1 is 1.00 bits per heavy atom. The summed E-state index contributed by atoms with van der Waals surface area (Å²) in [5.74, 6) is 0.681. The first kappa shape index (κ1) is 15.9. The maximum Gasteiger partial charge on any atom is 2.00 e. The summed E-state index contributed by atoms with van der Waals surface area (Å²) in [5.41, 5.74) is 0.909. The number of hydrogen-bond donors (Lipinski definition) is 0. The molecule has 0 saturated heterocycles. The molecule has 2 heteroatoms. The molecule has 3 rings (SSSR count). The Bertz CT molecular complexity index is 389. The van der Waals surface area contributed by atoms with E-state index in [1.54, 1.807) is 0 Å². The smallest absolute Gasteiger partial charge is 0.875 e. The van der Waals surface area contributed by atoms with Crippen LogP contribution in [-0.4, -0.2) is 0 Å². The van der Waals surface area contributed by atoms with Crippen LogP contribution in [-0.2, 0) is 17.1 Å². The molecular weight excluding hydrogens is 276 g/mol. The third-order valence-corrected chi connectivity index (χ3v) is 3.48. The summed E-state index contributed by atoms with van der Waals surface area (Å²) in [4.78, 5) is 0. The van der Waals surface area contributed by atoms with Gasteiger partial charge in [0.2, 0.25) is 0 Å². The molecule has 102 valence electrons. The minimum absolute atomic E-state index is 0. The zero-order chi connectivity index (χ0) is 12.6. The Balaban J connectivity index is 0.000000256. The second-order valence-electron chi connectivity index (χ2n) is 4.84. The fraction of sp³-hybridized carbons (Fsp3) is 0.353. The third kappa shape index (κ3) is 5.18. The maximum atomic E-state index is 11.9. The van der Waals surface area contributed by atoms with E-state index in [4.69, 9.17) is 0 Å². The Morgan fingerprint density at radius 3 is 2.05 bits per heavy atom. The van der Waals surface area contributed by atoms with Gasteiger partial charge in [0, 0.05) is 0 Å². The number of rotatable bonds is 1. The van der Waals surface area contributed by atoms with Crippen LogP contribution in [0, 0.1) is 5.92 Å². The van der Waals surface area contributed by atoms with E-state index in [-0.39, 0.29) is 17.1 Å². The molecule has 0 amide bonds. The van der Waals surface area contributed by atoms with Crippen molar-refractivity contribution in [3.63, 3.8) is 0 Å². The second kappa shape index (κ2) is 8.90. The largest absolute Gasteiger partial charge is 2.00 e. The summed E-state index contributed by atoms with van der Waals surface area (Å²) in [6.07, 6.45) is 13.7. The second-order valence-corrected chi connectivity index (χ2v) is 4.84. The molecular formula is C17H20FeO. The van der Waals surface area contributed by atoms with Gasteiger partial charge in [-0.25, -0.2) is 12.1 Å². The van der Waals surface area contributed by atoms with E-state index in [9.17, 15) is 5.11 Å². The minimum atomic E-state index is 0. The topological polar surface area (TPSA) is 23.1 Å². The first-order valence-electron chi connectivity index (χ1n) is 6.80. The van der Waals surface area contributed by atoms with E-state index in [1.165, 1.54) is 19.3 Å². The molecule has 0 spiro atoms. The average molecular weight is 296 g/mol. The van der Waals surface area contributed by atoms with Gasteiger partial charge in [-0.2, -0.15) is 18.2 Å². The summed E-state index contributed by atoms with van der Waals surface area (Å²) in [6, 6.07) is 10.0. The summed E-state index contributed by atoms with van der Waals surface area (Å²) in [6.45, 7) is 0. The van der Waals surface area contributed by atoms with E-state index in [1.807, 2.05) is 54.6 Å². The fourth-order valence-electron chi connectivity index (χ4n) is 2.46. The van der Waals surface area contributed by atoms with Crippen molar-refractivity contribution in [1.29, 1.82) is 0 Å². The van der Waals surface area contributed by atoms with Gasteiger partial charge in [-0.15, -0.1) is 5.76 Å². The van der Waals surface area contributed by atoms with Crippen molar-refractivity contribution >= 4 is 0 Å². The summed E-state index contributed by atoms with van der Waals surface area (Å²) in [5, 5.41) is 11.9. The SMILES string of the molecule is [Fe+2].[O-]C(=C1C=CC=C1)C1CCCCC1.c1cc[cH-]c1. The van der Waals surface area contributed by atoms with Crippen molar-refractivity contribution < 1.29 is 22.2 Å². The zero-order valence-corrected chi connectivity index (χ0v) is 12.2. The van der Waals surface area contributed by atoms with Crippen LogP contribution in [0.25, 0.3) is 0 Å². The van der Waals surface area contributed by atoms with Crippen molar-refractivity contribution in [3.05, 3.63) is 66.0 Å². The first-order valence-corrected chi connectivity index (χ1v) is 6.80. The van der Waals surface area contributed by atoms with Gasteiger partial charge in [0.25, 0.3) is 0 Å². The molecule has 0 bridgehead atoms. The zero-order valence-electron chi connectivity index (χ0n) is 11.1. The van der Waals surface area contributed by atoms with Crippen LogP contribution < -0.4 is 5.11 Å². The molecule has 0 N–H and O–H groups in total. The van der Waals surface area contributed by atoms with Crippen LogP contribution in [0.4, 0.5) is 0 Å². The molecule has 19 heavy (non-hydrogen) atoms. The van der Waals surface area contributed by atoms with Gasteiger partial charge < -0.3 is 5.11 Å². The molecule has 1 fully saturated rings. The monoisotopic (exact) mass is 296 g/mol. The van der Waals surface area contributed by atoms with Crippen LogP contribution in [0.5, 0.6) is 0 Å². The number of hydrogen-bond acceptors (Lipinski definition) is 1. The molecule has 0 heterocycles. The first-order chi connectivity index (χ1) is 8.88. The van der Waals surface area contributed by atoms with Crippen molar-refractivity contribution in [3.8, 4) is 0 Å². The normalized spacial score (nSPS) is 17.6. The molecule has 1 nitrogen and oxygen atoms in total. The number of allylic oxidation sites excluding steroid dienone is 6. The van der Waals surface area contributed by atoms with E-state index in [0.717, 1.165) is 18.4 Å². The van der Waals surface area contributed by atoms with Gasteiger partial charge in [-0.05, 0) is 24.3 Å². The van der Waals surface area contributed by atoms with E-state index >= 15 is 0 Å². The van der Waals surface area contributed by atoms with Gasteiger partial charge in [0.15, 0.2) is 0 Å². The Hall–Kier alpha value is -1.11. The van der Waals surface area contributed by atoms with Crippen molar-refractivity contribution in [1.82, 2.24) is 0 Å². The van der Waals surface area contributed by atoms with Crippen LogP contribution in [0.1, 0.15) is 32.1 Å². The molecule has 0 aromatic heterocycles. The van der Waals surface area contributed by atoms with E-state index in [0.29, 0.717) is 11.7 Å². The van der Waals surface area contributed by atoms with Gasteiger partial charge in [-0.3, -0.25) is 0 Å². The summed E-state index contributed by atoms with van der Waals surface area (Å²) in [7, 11) is 0. The Morgan fingerprint density at radius 2 is 1.58 bits per heavy atom. The molecule has 1 aromatic rings. The van der Waals surface area contributed by atoms with Crippen molar-refractivity contribution in [2.45, 2.75) is 32.1 Å². The molecule has 2 aliphatic rings. The van der Waals surface area contributed by atoms with Gasteiger partial charge >= 0.3 is 17.1 Å². The predicted octanol–water partition coefficient (Wildman–Crippen LogP) is 3.71. The summed E-state index contributed by atoms with van der Waals surface area (Å²) < 4.78 is 0. The molecule has 0 atom stereocenters. The van der Waals surface area contributed by atoms with Crippen LogP contribution >= 0.6 is 0 Å². The molecule has 1 saturated carbocycles. The third-order valence-electron chi connectivity index (χ3n) is 3.48. The van der Waals surface area contributed by atoms with Gasteiger partial charge in [0.1, 0.15) is 0 Å². The molecule has 2 aliphatic carbocycles. The Labute approximate surface area is 126 Å². The molecule has 0 radical (unpaired) electrons. The quantitative estimate of drug-likeness (QED) is 0.440.